The van der Waals surface area contributed by atoms with Crippen molar-refractivity contribution in [2.24, 2.45) is 17.8 Å². The highest BCUT2D eigenvalue weighted by atomic mass is 32.2. The van der Waals surface area contributed by atoms with Gasteiger partial charge in [0.2, 0.25) is 10.0 Å². The molecule has 1 aromatic carbocycles. The van der Waals surface area contributed by atoms with Gasteiger partial charge in [0.15, 0.2) is 0 Å². The van der Waals surface area contributed by atoms with Crippen molar-refractivity contribution in [2.75, 3.05) is 0 Å². The van der Waals surface area contributed by atoms with Crippen molar-refractivity contribution in [3.63, 3.8) is 0 Å². The van der Waals surface area contributed by atoms with E-state index in [2.05, 4.69) is 4.72 Å². The normalized spacial score (nSPS) is 36.3. The van der Waals surface area contributed by atoms with Crippen LogP contribution in [0.1, 0.15) is 57.9 Å². The van der Waals surface area contributed by atoms with Gasteiger partial charge in [-0.2, -0.15) is 0 Å². The Hall–Kier alpha value is -0.870. The maximum atomic E-state index is 13.2. The van der Waals surface area contributed by atoms with E-state index in [1.54, 1.807) is 0 Å². The first-order valence-corrected chi connectivity index (χ1v) is 10.4. The molecule has 4 saturated carbocycles. The summed E-state index contributed by atoms with van der Waals surface area (Å²) in [5, 5.41) is 0. The maximum absolute atomic E-state index is 13.2. The summed E-state index contributed by atoms with van der Waals surface area (Å²) in [4.78, 5) is 0. The summed E-state index contributed by atoms with van der Waals surface area (Å²) in [5.74, 6) is 2.22. The van der Waals surface area contributed by atoms with Gasteiger partial charge in [-0.25, -0.2) is 13.1 Å². The van der Waals surface area contributed by atoms with E-state index < -0.39 is 14.8 Å². The number of benzene rings is 1. The summed E-state index contributed by atoms with van der Waals surface area (Å²) in [6, 6.07) is 9.59. The first-order valence-electron chi connectivity index (χ1n) is 8.89. The third-order valence-corrected chi connectivity index (χ3v) is 8.81. The predicted octanol–water partition coefficient (Wildman–Crippen LogP) is 3.81. The largest absolute Gasteiger partial charge is 0.221 e. The highest BCUT2D eigenvalue weighted by Gasteiger charge is 2.53. The molecule has 0 amide bonds. The average Bonchev–Trinajstić information content (AvgIpc) is 2.45. The van der Waals surface area contributed by atoms with Crippen molar-refractivity contribution in [1.29, 1.82) is 0 Å². The molecule has 0 atom stereocenters. The average molecular weight is 333 g/mol. The number of sulfonamides is 1. The van der Waals surface area contributed by atoms with Crippen LogP contribution in [0.2, 0.25) is 0 Å². The van der Waals surface area contributed by atoms with Gasteiger partial charge < -0.3 is 0 Å². The van der Waals surface area contributed by atoms with Crippen LogP contribution >= 0.6 is 0 Å². The summed E-state index contributed by atoms with van der Waals surface area (Å²) < 4.78 is 28.8. The molecule has 0 unspecified atom stereocenters. The minimum absolute atomic E-state index is 0.167. The Bertz CT molecular complexity index is 658. The van der Waals surface area contributed by atoms with Crippen molar-refractivity contribution < 1.29 is 8.42 Å². The molecular formula is C19H27NO2S. The molecular weight excluding hydrogens is 306 g/mol. The highest BCUT2D eigenvalue weighted by molar-refractivity contribution is 7.90. The first kappa shape index (κ1) is 15.6. The van der Waals surface area contributed by atoms with E-state index >= 15 is 0 Å². The number of hydrogen-bond donors (Lipinski definition) is 1. The second-order valence-corrected chi connectivity index (χ2v) is 10.9. The van der Waals surface area contributed by atoms with Gasteiger partial charge in [0, 0.05) is 5.54 Å². The SMILES string of the molecule is CC(C)(c1ccccc1)S(=O)(=O)NC12CC3CC(CC(C3)C1)C2. The second-order valence-electron chi connectivity index (χ2n) is 8.68. The van der Waals surface area contributed by atoms with Gasteiger partial charge in [-0.3, -0.25) is 0 Å². The van der Waals surface area contributed by atoms with Gasteiger partial charge in [0.05, 0.1) is 0 Å². The molecule has 4 heteroatoms. The summed E-state index contributed by atoms with van der Waals surface area (Å²) in [7, 11) is -3.43. The third kappa shape index (κ3) is 2.54. The van der Waals surface area contributed by atoms with E-state index in [0.29, 0.717) is 0 Å². The third-order valence-electron chi connectivity index (χ3n) is 6.53. The lowest BCUT2D eigenvalue weighted by Crippen LogP contribution is -2.61. The number of rotatable bonds is 4. The van der Waals surface area contributed by atoms with E-state index in [9.17, 15) is 8.42 Å². The topological polar surface area (TPSA) is 46.2 Å². The molecule has 0 aliphatic heterocycles. The molecule has 126 valence electrons. The van der Waals surface area contributed by atoms with Crippen LogP contribution in [-0.2, 0) is 14.8 Å². The van der Waals surface area contributed by atoms with Crippen molar-refractivity contribution in [1.82, 2.24) is 4.72 Å². The van der Waals surface area contributed by atoms with Crippen LogP contribution in [-0.4, -0.2) is 14.0 Å². The predicted molar refractivity (Wildman–Crippen MR) is 92.4 cm³/mol. The minimum atomic E-state index is -3.43. The fraction of sp³-hybridized carbons (Fsp3) is 0.684. The Morgan fingerprint density at radius 1 is 0.957 bits per heavy atom. The zero-order valence-corrected chi connectivity index (χ0v) is 14.9. The smallest absolute Gasteiger partial charge is 0.211 e. The van der Waals surface area contributed by atoms with E-state index in [1.165, 1.54) is 19.3 Å². The molecule has 1 aromatic rings. The molecule has 1 N–H and O–H groups in total. The van der Waals surface area contributed by atoms with Gasteiger partial charge in [0.1, 0.15) is 4.75 Å². The fourth-order valence-electron chi connectivity index (χ4n) is 5.64. The van der Waals surface area contributed by atoms with Crippen LogP contribution in [0.5, 0.6) is 0 Å². The van der Waals surface area contributed by atoms with E-state index in [4.69, 9.17) is 0 Å². The zero-order chi connectivity index (χ0) is 16.3. The van der Waals surface area contributed by atoms with Crippen molar-refractivity contribution in [2.45, 2.75) is 62.7 Å². The van der Waals surface area contributed by atoms with Gasteiger partial charge in [-0.15, -0.1) is 0 Å². The van der Waals surface area contributed by atoms with Crippen molar-refractivity contribution >= 4 is 10.0 Å². The lowest BCUT2D eigenvalue weighted by molar-refractivity contribution is -0.00839. The molecule has 23 heavy (non-hydrogen) atoms. The van der Waals surface area contributed by atoms with E-state index in [1.807, 2.05) is 44.2 Å². The van der Waals surface area contributed by atoms with Gasteiger partial charge in [-0.05, 0) is 75.7 Å². The molecule has 0 saturated heterocycles. The maximum Gasteiger partial charge on any atom is 0.221 e. The van der Waals surface area contributed by atoms with Crippen LogP contribution in [0.15, 0.2) is 30.3 Å². The standard InChI is InChI=1S/C19H27NO2S/c1-18(2,17-6-4-3-5-7-17)23(21,22)20-19-11-14-8-15(12-19)10-16(9-14)13-19/h3-7,14-16,20H,8-13H2,1-2H3. The van der Waals surface area contributed by atoms with Gasteiger partial charge >= 0.3 is 0 Å². The molecule has 4 aliphatic rings. The molecule has 4 fully saturated rings. The lowest BCUT2D eigenvalue weighted by atomic mass is 9.53. The number of hydrogen-bond acceptors (Lipinski definition) is 2. The van der Waals surface area contributed by atoms with Gasteiger partial charge in [-0.1, -0.05) is 30.3 Å². The van der Waals surface area contributed by atoms with Crippen molar-refractivity contribution in [3.05, 3.63) is 35.9 Å². The Morgan fingerprint density at radius 2 is 1.43 bits per heavy atom. The van der Waals surface area contributed by atoms with Crippen LogP contribution in [0, 0.1) is 17.8 Å². The Morgan fingerprint density at radius 3 is 1.91 bits per heavy atom. The summed E-state index contributed by atoms with van der Waals surface area (Å²) in [6.45, 7) is 3.65. The van der Waals surface area contributed by atoms with Crippen LogP contribution < -0.4 is 4.72 Å². The Labute approximate surface area is 139 Å². The summed E-state index contributed by atoms with van der Waals surface area (Å²) in [5.41, 5.74) is 0.692. The molecule has 5 rings (SSSR count). The molecule has 0 spiro atoms. The molecule has 3 nitrogen and oxygen atoms in total. The van der Waals surface area contributed by atoms with Crippen molar-refractivity contribution in [3.8, 4) is 0 Å². The first-order chi connectivity index (χ1) is 10.8. The van der Waals surface area contributed by atoms with Crippen LogP contribution in [0.3, 0.4) is 0 Å². The quantitative estimate of drug-likeness (QED) is 0.911. The fourth-order valence-corrected chi connectivity index (χ4v) is 7.16. The van der Waals surface area contributed by atoms with E-state index in [-0.39, 0.29) is 5.54 Å². The molecule has 4 bridgehead atoms. The van der Waals surface area contributed by atoms with Gasteiger partial charge in [0.25, 0.3) is 0 Å². The lowest BCUT2D eigenvalue weighted by Gasteiger charge is -2.57. The van der Waals surface area contributed by atoms with Crippen LogP contribution in [0.4, 0.5) is 0 Å². The molecule has 0 heterocycles. The highest BCUT2D eigenvalue weighted by Crippen LogP contribution is 2.56. The Balaban J connectivity index is 1.63. The summed E-state index contributed by atoms with van der Waals surface area (Å²) in [6.07, 6.45) is 7.10. The molecule has 0 radical (unpaired) electrons. The van der Waals surface area contributed by atoms with Crippen LogP contribution in [0.25, 0.3) is 0 Å². The Kier molecular flexibility index (Phi) is 3.44. The molecule has 4 aliphatic carbocycles. The summed E-state index contributed by atoms with van der Waals surface area (Å²) >= 11 is 0. The zero-order valence-electron chi connectivity index (χ0n) is 14.1. The number of nitrogens with one attached hydrogen (secondary N) is 1. The minimum Gasteiger partial charge on any atom is -0.211 e. The second kappa shape index (κ2) is 5.06. The van der Waals surface area contributed by atoms with E-state index in [0.717, 1.165) is 42.6 Å². The monoisotopic (exact) mass is 333 g/mol. The molecule has 0 aromatic heterocycles.